The summed E-state index contributed by atoms with van der Waals surface area (Å²) in [5.74, 6) is 0.390. The molecule has 0 aliphatic heterocycles. The van der Waals surface area contributed by atoms with Crippen molar-refractivity contribution in [1.29, 1.82) is 0 Å². The minimum atomic E-state index is -4.56. The molecule has 8 heteroatoms. The highest BCUT2D eigenvalue weighted by molar-refractivity contribution is 6.31. The maximum Gasteiger partial charge on any atom is 0.417 e. The van der Waals surface area contributed by atoms with Gasteiger partial charge < -0.3 is 14.7 Å². The summed E-state index contributed by atoms with van der Waals surface area (Å²) >= 11 is 5.57. The van der Waals surface area contributed by atoms with E-state index in [1.807, 2.05) is 0 Å². The van der Waals surface area contributed by atoms with Crippen molar-refractivity contribution in [2.24, 2.45) is 0 Å². The maximum atomic E-state index is 12.8. The Morgan fingerprint density at radius 1 is 1.16 bits per heavy atom. The summed E-state index contributed by atoms with van der Waals surface area (Å²) in [4.78, 5) is 11.9. The Kier molecular flexibility index (Phi) is 5.79. The van der Waals surface area contributed by atoms with E-state index in [1.54, 1.807) is 24.3 Å². The molecule has 2 rings (SSSR count). The summed E-state index contributed by atoms with van der Waals surface area (Å²) in [7, 11) is 1.47. The van der Waals surface area contributed by atoms with E-state index in [-0.39, 0.29) is 5.75 Å². The number of hydrogen-bond donors (Lipinski definition) is 1. The molecule has 0 aromatic heterocycles. The van der Waals surface area contributed by atoms with Crippen LogP contribution in [0.15, 0.2) is 42.5 Å². The molecule has 2 aromatic carbocycles. The van der Waals surface area contributed by atoms with Crippen LogP contribution in [0.5, 0.6) is 11.5 Å². The zero-order chi connectivity index (χ0) is 18.6. The number of carbonyl (C=O) groups is 1. The molecule has 134 valence electrons. The molecule has 4 nitrogen and oxygen atoms in total. The second-order valence-corrected chi connectivity index (χ2v) is 5.75. The molecule has 1 amide bonds. The largest absolute Gasteiger partial charge is 0.465 e. The van der Waals surface area contributed by atoms with Crippen molar-refractivity contribution in [1.82, 2.24) is 4.90 Å². The Bertz CT molecular complexity index is 748. The Labute approximate surface area is 147 Å². The van der Waals surface area contributed by atoms with E-state index < -0.39 is 22.9 Å². The SMILES string of the molecule is CN(CCc1ccc(Oc2ccc(Cl)c(C(F)(F)F)c2)cc1)C(=O)O. The van der Waals surface area contributed by atoms with Gasteiger partial charge in [-0.25, -0.2) is 4.79 Å². The second-order valence-electron chi connectivity index (χ2n) is 5.34. The van der Waals surface area contributed by atoms with Crippen LogP contribution in [0.25, 0.3) is 0 Å². The van der Waals surface area contributed by atoms with Gasteiger partial charge in [-0.3, -0.25) is 0 Å². The van der Waals surface area contributed by atoms with E-state index in [0.717, 1.165) is 22.6 Å². The van der Waals surface area contributed by atoms with Crippen LogP contribution in [-0.2, 0) is 12.6 Å². The van der Waals surface area contributed by atoms with Gasteiger partial charge in [0.2, 0.25) is 0 Å². The number of carboxylic acid groups (broad SMARTS) is 1. The molecule has 25 heavy (non-hydrogen) atoms. The van der Waals surface area contributed by atoms with Crippen LogP contribution in [0, 0.1) is 0 Å². The lowest BCUT2D eigenvalue weighted by Crippen LogP contribution is -2.26. The quantitative estimate of drug-likeness (QED) is 0.773. The average Bonchev–Trinajstić information content (AvgIpc) is 2.54. The Balaban J connectivity index is 2.05. The van der Waals surface area contributed by atoms with Crippen molar-refractivity contribution in [3.05, 3.63) is 58.6 Å². The van der Waals surface area contributed by atoms with E-state index in [0.29, 0.717) is 18.7 Å². The van der Waals surface area contributed by atoms with E-state index in [9.17, 15) is 18.0 Å². The first-order valence-electron chi connectivity index (χ1n) is 7.24. The molecule has 2 aromatic rings. The first kappa shape index (κ1) is 18.9. The third kappa shape index (κ3) is 5.29. The minimum absolute atomic E-state index is 0.0232. The van der Waals surface area contributed by atoms with E-state index in [4.69, 9.17) is 21.4 Å². The summed E-state index contributed by atoms with van der Waals surface area (Å²) in [5.41, 5.74) is -0.0764. The fourth-order valence-electron chi connectivity index (χ4n) is 2.04. The highest BCUT2D eigenvalue weighted by Gasteiger charge is 2.33. The van der Waals surface area contributed by atoms with Crippen molar-refractivity contribution in [3.8, 4) is 11.5 Å². The summed E-state index contributed by atoms with van der Waals surface area (Å²) in [5, 5.41) is 8.39. The van der Waals surface area contributed by atoms with Crippen LogP contribution in [0.1, 0.15) is 11.1 Å². The van der Waals surface area contributed by atoms with Gasteiger partial charge in [-0.05, 0) is 42.3 Å². The fraction of sp³-hybridized carbons (Fsp3) is 0.235. The fourth-order valence-corrected chi connectivity index (χ4v) is 2.26. The molecule has 0 radical (unpaired) electrons. The molecule has 0 aliphatic carbocycles. The molecule has 0 spiro atoms. The van der Waals surface area contributed by atoms with Crippen LogP contribution >= 0.6 is 11.6 Å². The zero-order valence-electron chi connectivity index (χ0n) is 13.2. The number of nitrogens with zero attached hydrogens (tertiary/aromatic N) is 1. The predicted molar refractivity (Wildman–Crippen MR) is 87.3 cm³/mol. The molecule has 0 fully saturated rings. The van der Waals surface area contributed by atoms with E-state index in [1.165, 1.54) is 13.1 Å². The third-order valence-corrected chi connectivity index (χ3v) is 3.79. The van der Waals surface area contributed by atoms with Gasteiger partial charge in [-0.2, -0.15) is 13.2 Å². The van der Waals surface area contributed by atoms with Gasteiger partial charge in [0.1, 0.15) is 11.5 Å². The highest BCUT2D eigenvalue weighted by Crippen LogP contribution is 2.37. The normalized spacial score (nSPS) is 11.2. The lowest BCUT2D eigenvalue weighted by molar-refractivity contribution is -0.137. The van der Waals surface area contributed by atoms with Crippen LogP contribution in [-0.4, -0.2) is 29.7 Å². The van der Waals surface area contributed by atoms with Gasteiger partial charge in [0, 0.05) is 13.6 Å². The number of amides is 1. The van der Waals surface area contributed by atoms with Crippen molar-refractivity contribution >= 4 is 17.7 Å². The number of rotatable bonds is 5. The number of halogens is 4. The summed E-state index contributed by atoms with van der Waals surface area (Å²) in [6, 6.07) is 10.0. The van der Waals surface area contributed by atoms with E-state index >= 15 is 0 Å². The summed E-state index contributed by atoms with van der Waals surface area (Å²) < 4.78 is 43.9. The van der Waals surface area contributed by atoms with Gasteiger partial charge in [-0.1, -0.05) is 23.7 Å². The molecular weight excluding hydrogens is 359 g/mol. The first-order valence-corrected chi connectivity index (χ1v) is 7.62. The Morgan fingerprint density at radius 3 is 2.32 bits per heavy atom. The molecule has 0 saturated carbocycles. The van der Waals surface area contributed by atoms with Crippen LogP contribution in [0.2, 0.25) is 5.02 Å². The molecule has 1 N–H and O–H groups in total. The molecule has 0 saturated heterocycles. The number of alkyl halides is 3. The van der Waals surface area contributed by atoms with E-state index in [2.05, 4.69) is 0 Å². The van der Waals surface area contributed by atoms with Crippen molar-refractivity contribution in [2.75, 3.05) is 13.6 Å². The smallest absolute Gasteiger partial charge is 0.417 e. The van der Waals surface area contributed by atoms with Crippen molar-refractivity contribution in [3.63, 3.8) is 0 Å². The van der Waals surface area contributed by atoms with Crippen LogP contribution in [0.4, 0.5) is 18.0 Å². The summed E-state index contributed by atoms with van der Waals surface area (Å²) in [6.45, 7) is 0.335. The molecule has 0 unspecified atom stereocenters. The zero-order valence-corrected chi connectivity index (χ0v) is 13.9. The second kappa shape index (κ2) is 7.65. The lowest BCUT2D eigenvalue weighted by atomic mass is 10.1. The number of hydrogen-bond acceptors (Lipinski definition) is 2. The third-order valence-electron chi connectivity index (χ3n) is 3.46. The lowest BCUT2D eigenvalue weighted by Gasteiger charge is -2.13. The molecule has 0 bridgehead atoms. The van der Waals surface area contributed by atoms with Crippen molar-refractivity contribution in [2.45, 2.75) is 12.6 Å². The van der Waals surface area contributed by atoms with Gasteiger partial charge >= 0.3 is 12.3 Å². The van der Waals surface area contributed by atoms with Crippen LogP contribution < -0.4 is 4.74 Å². The summed E-state index contributed by atoms with van der Waals surface area (Å²) in [6.07, 6.45) is -5.05. The van der Waals surface area contributed by atoms with Gasteiger partial charge in [0.05, 0.1) is 10.6 Å². The molecule has 0 aliphatic rings. The first-order chi connectivity index (χ1) is 11.7. The Morgan fingerprint density at radius 2 is 1.76 bits per heavy atom. The molecule has 0 atom stereocenters. The predicted octanol–water partition coefficient (Wildman–Crippen LogP) is 5.30. The Hall–Kier alpha value is -2.41. The van der Waals surface area contributed by atoms with Gasteiger partial charge in [0.15, 0.2) is 0 Å². The average molecular weight is 374 g/mol. The highest BCUT2D eigenvalue weighted by atomic mass is 35.5. The number of benzene rings is 2. The molecule has 0 heterocycles. The topological polar surface area (TPSA) is 49.8 Å². The maximum absolute atomic E-state index is 12.8. The number of ether oxygens (including phenoxy) is 1. The standard InChI is InChI=1S/C17H15ClF3NO3/c1-22(16(23)24)9-8-11-2-4-12(5-3-11)25-13-6-7-15(18)14(10-13)17(19,20)21/h2-7,10H,8-9H2,1H3,(H,23,24). The van der Waals surface area contributed by atoms with Gasteiger partial charge in [-0.15, -0.1) is 0 Å². The van der Waals surface area contributed by atoms with Crippen molar-refractivity contribution < 1.29 is 27.8 Å². The monoisotopic (exact) mass is 373 g/mol. The minimum Gasteiger partial charge on any atom is -0.465 e. The van der Waals surface area contributed by atoms with Crippen LogP contribution in [0.3, 0.4) is 0 Å². The molecular formula is C17H15ClF3NO3. The number of likely N-dealkylation sites (N-methyl/N-ethyl adjacent to an activating group) is 1. The van der Waals surface area contributed by atoms with Gasteiger partial charge in [0.25, 0.3) is 0 Å².